The first kappa shape index (κ1) is 15.3. The van der Waals surface area contributed by atoms with Crippen molar-refractivity contribution in [1.82, 2.24) is 4.90 Å². The Kier molecular flexibility index (Phi) is 4.85. The molecule has 3 rings (SSSR count). The minimum Gasteiger partial charge on any atom is -0.381 e. The molecule has 3 unspecified atom stereocenters. The van der Waals surface area contributed by atoms with Crippen LogP contribution in [0.25, 0.3) is 0 Å². The summed E-state index contributed by atoms with van der Waals surface area (Å²) in [5, 5.41) is 0. The van der Waals surface area contributed by atoms with E-state index in [1.807, 2.05) is 11.9 Å². The zero-order chi connectivity index (χ0) is 14.8. The van der Waals surface area contributed by atoms with Crippen molar-refractivity contribution in [3.05, 3.63) is 0 Å². The smallest absolute Gasteiger partial charge is 0.225 e. The highest BCUT2D eigenvalue weighted by atomic mass is 16.5. The van der Waals surface area contributed by atoms with Gasteiger partial charge in [0.15, 0.2) is 0 Å². The van der Waals surface area contributed by atoms with E-state index in [4.69, 9.17) is 10.5 Å². The summed E-state index contributed by atoms with van der Waals surface area (Å²) in [6.07, 6.45) is 8.11. The highest BCUT2D eigenvalue weighted by molar-refractivity contribution is 5.78. The standard InChI is InChI=1S/C17H30N2O2/c1-19(10-12-4-3-7-21-11-12)17(20)15-8-13-5-2-6-14(9-15)16(13)18/h12-16H,2-11,18H2,1H3. The second-order valence-electron chi connectivity index (χ2n) is 7.50. The number of ether oxygens (including phenoxy) is 1. The number of carbonyl (C=O) groups is 1. The van der Waals surface area contributed by atoms with E-state index in [1.165, 1.54) is 25.7 Å². The molecule has 0 spiro atoms. The van der Waals surface area contributed by atoms with E-state index in [-0.39, 0.29) is 5.92 Å². The highest BCUT2D eigenvalue weighted by Crippen LogP contribution is 2.42. The molecule has 2 bridgehead atoms. The van der Waals surface area contributed by atoms with Gasteiger partial charge in [0.2, 0.25) is 5.91 Å². The SMILES string of the molecule is CN(CC1CCCOC1)C(=O)C1CC2CCCC(C1)C2N. The second kappa shape index (κ2) is 6.66. The lowest BCUT2D eigenvalue weighted by Gasteiger charge is -2.44. The number of nitrogens with zero attached hydrogens (tertiary/aromatic N) is 1. The predicted molar refractivity (Wildman–Crippen MR) is 82.7 cm³/mol. The van der Waals surface area contributed by atoms with Crippen molar-refractivity contribution >= 4 is 5.91 Å². The van der Waals surface area contributed by atoms with Gasteiger partial charge in [-0.1, -0.05) is 6.42 Å². The average Bonchev–Trinajstić information content (AvgIpc) is 2.47. The monoisotopic (exact) mass is 294 g/mol. The van der Waals surface area contributed by atoms with Crippen LogP contribution in [0.5, 0.6) is 0 Å². The number of fused-ring (bicyclic) bond motifs is 2. The Hall–Kier alpha value is -0.610. The van der Waals surface area contributed by atoms with E-state index < -0.39 is 0 Å². The third-order valence-corrected chi connectivity index (χ3v) is 5.93. The first-order valence-corrected chi connectivity index (χ1v) is 8.73. The molecule has 0 aromatic carbocycles. The first-order chi connectivity index (χ1) is 10.1. The van der Waals surface area contributed by atoms with Crippen molar-refractivity contribution in [3.8, 4) is 0 Å². The molecule has 4 heteroatoms. The summed E-state index contributed by atoms with van der Waals surface area (Å²) in [5.74, 6) is 2.26. The fourth-order valence-electron chi connectivity index (χ4n) is 4.73. The van der Waals surface area contributed by atoms with E-state index in [9.17, 15) is 4.79 Å². The van der Waals surface area contributed by atoms with Crippen LogP contribution in [0.4, 0.5) is 0 Å². The van der Waals surface area contributed by atoms with E-state index >= 15 is 0 Å². The maximum absolute atomic E-state index is 12.8. The molecule has 3 fully saturated rings. The molecule has 0 aromatic heterocycles. The highest BCUT2D eigenvalue weighted by Gasteiger charge is 2.41. The van der Waals surface area contributed by atoms with Gasteiger partial charge in [-0.3, -0.25) is 4.79 Å². The number of nitrogens with two attached hydrogens (primary N) is 1. The Bertz CT molecular complexity index is 354. The summed E-state index contributed by atoms with van der Waals surface area (Å²) < 4.78 is 5.53. The van der Waals surface area contributed by atoms with Crippen molar-refractivity contribution in [2.75, 3.05) is 26.8 Å². The Balaban J connectivity index is 1.54. The molecule has 1 amide bonds. The molecule has 120 valence electrons. The normalized spacial score (nSPS) is 39.8. The first-order valence-electron chi connectivity index (χ1n) is 8.73. The Morgan fingerprint density at radius 2 is 1.90 bits per heavy atom. The maximum Gasteiger partial charge on any atom is 0.225 e. The van der Waals surface area contributed by atoms with Crippen LogP contribution < -0.4 is 5.73 Å². The van der Waals surface area contributed by atoms with Gasteiger partial charge in [0.1, 0.15) is 0 Å². The minimum absolute atomic E-state index is 0.217. The Morgan fingerprint density at radius 3 is 2.52 bits per heavy atom. The van der Waals surface area contributed by atoms with Crippen molar-refractivity contribution in [2.24, 2.45) is 29.4 Å². The third kappa shape index (κ3) is 3.42. The van der Waals surface area contributed by atoms with Gasteiger partial charge < -0.3 is 15.4 Å². The summed E-state index contributed by atoms with van der Waals surface area (Å²) in [5.41, 5.74) is 6.33. The van der Waals surface area contributed by atoms with E-state index in [2.05, 4.69) is 0 Å². The van der Waals surface area contributed by atoms with E-state index in [0.29, 0.717) is 29.7 Å². The van der Waals surface area contributed by atoms with Crippen LogP contribution in [0.3, 0.4) is 0 Å². The van der Waals surface area contributed by atoms with Crippen molar-refractivity contribution in [2.45, 2.75) is 51.0 Å². The van der Waals surface area contributed by atoms with Gasteiger partial charge in [0.05, 0.1) is 6.61 Å². The van der Waals surface area contributed by atoms with Crippen LogP contribution in [0.15, 0.2) is 0 Å². The van der Waals surface area contributed by atoms with Gasteiger partial charge in [-0.25, -0.2) is 0 Å². The van der Waals surface area contributed by atoms with Crippen molar-refractivity contribution in [1.29, 1.82) is 0 Å². The zero-order valence-electron chi connectivity index (χ0n) is 13.3. The van der Waals surface area contributed by atoms with Gasteiger partial charge in [0.25, 0.3) is 0 Å². The number of amides is 1. The molecule has 2 N–H and O–H groups in total. The van der Waals surface area contributed by atoms with Gasteiger partial charge in [-0.15, -0.1) is 0 Å². The summed E-state index contributed by atoms with van der Waals surface area (Å²) >= 11 is 0. The van der Waals surface area contributed by atoms with Crippen LogP contribution >= 0.6 is 0 Å². The Labute approximate surface area is 128 Å². The molecule has 2 aliphatic carbocycles. The number of rotatable bonds is 3. The minimum atomic E-state index is 0.217. The van der Waals surface area contributed by atoms with Crippen molar-refractivity contribution in [3.63, 3.8) is 0 Å². The summed E-state index contributed by atoms with van der Waals surface area (Å²) in [6.45, 7) is 2.56. The Morgan fingerprint density at radius 1 is 1.19 bits per heavy atom. The molecule has 2 saturated carbocycles. The van der Waals surface area contributed by atoms with Crippen LogP contribution in [0.2, 0.25) is 0 Å². The lowest BCUT2D eigenvalue weighted by Crippen LogP contribution is -2.49. The number of hydrogen-bond acceptors (Lipinski definition) is 3. The van der Waals surface area contributed by atoms with Gasteiger partial charge in [0, 0.05) is 32.2 Å². The van der Waals surface area contributed by atoms with Crippen LogP contribution in [-0.4, -0.2) is 43.7 Å². The van der Waals surface area contributed by atoms with E-state index in [1.54, 1.807) is 0 Å². The van der Waals surface area contributed by atoms with Gasteiger partial charge in [-0.05, 0) is 56.3 Å². The van der Waals surface area contributed by atoms with E-state index in [0.717, 1.165) is 39.0 Å². The van der Waals surface area contributed by atoms with Crippen LogP contribution in [-0.2, 0) is 9.53 Å². The topological polar surface area (TPSA) is 55.6 Å². The molecule has 4 nitrogen and oxygen atoms in total. The molecule has 1 aliphatic heterocycles. The number of hydrogen-bond donors (Lipinski definition) is 1. The maximum atomic E-state index is 12.8. The fourth-order valence-corrected chi connectivity index (χ4v) is 4.73. The number of carbonyl (C=O) groups excluding carboxylic acids is 1. The molecule has 0 radical (unpaired) electrons. The summed E-state index contributed by atoms with van der Waals surface area (Å²) in [6, 6.07) is 0.347. The molecular weight excluding hydrogens is 264 g/mol. The molecular formula is C17H30N2O2. The predicted octanol–water partition coefficient (Wildman–Crippen LogP) is 2.02. The van der Waals surface area contributed by atoms with Crippen LogP contribution in [0.1, 0.15) is 44.9 Å². The second-order valence-corrected chi connectivity index (χ2v) is 7.50. The summed E-state index contributed by atoms with van der Waals surface area (Å²) in [7, 11) is 1.97. The lowest BCUT2D eigenvalue weighted by atomic mass is 9.65. The molecule has 0 aromatic rings. The largest absolute Gasteiger partial charge is 0.381 e. The average molecular weight is 294 g/mol. The zero-order valence-corrected chi connectivity index (χ0v) is 13.3. The molecule has 3 atom stereocenters. The quantitative estimate of drug-likeness (QED) is 0.866. The van der Waals surface area contributed by atoms with Crippen molar-refractivity contribution < 1.29 is 9.53 Å². The van der Waals surface area contributed by atoms with Crippen LogP contribution in [0, 0.1) is 23.7 Å². The van der Waals surface area contributed by atoms with Gasteiger partial charge >= 0.3 is 0 Å². The lowest BCUT2D eigenvalue weighted by molar-refractivity contribution is -0.138. The fraction of sp³-hybridized carbons (Fsp3) is 0.941. The molecule has 21 heavy (non-hydrogen) atoms. The molecule has 1 saturated heterocycles. The van der Waals surface area contributed by atoms with Gasteiger partial charge in [-0.2, -0.15) is 0 Å². The molecule has 1 heterocycles. The third-order valence-electron chi connectivity index (χ3n) is 5.93. The molecule has 3 aliphatic rings. The summed E-state index contributed by atoms with van der Waals surface area (Å²) in [4.78, 5) is 14.7.